The molecule has 0 saturated heterocycles. The number of benzene rings is 1. The van der Waals surface area contributed by atoms with E-state index in [0.29, 0.717) is 0 Å². The van der Waals surface area contributed by atoms with Crippen molar-refractivity contribution in [2.75, 3.05) is 14.2 Å². The Morgan fingerprint density at radius 1 is 1.42 bits per heavy atom. The number of rotatable bonds is 4. The fourth-order valence-electron chi connectivity index (χ4n) is 1.91. The molecule has 19 heavy (non-hydrogen) atoms. The first-order chi connectivity index (χ1) is 9.08. The summed E-state index contributed by atoms with van der Waals surface area (Å²) in [6.45, 7) is 4.08. The monoisotopic (exact) mass is 324 g/mol. The third-order valence-electron chi connectivity index (χ3n) is 3.15. The fourth-order valence-corrected chi connectivity index (χ4v) is 2.44. The summed E-state index contributed by atoms with van der Waals surface area (Å²) in [5.74, 6) is 0.797. The number of hydrogen-bond acceptors (Lipinski definition) is 4. The molecule has 6 heteroatoms. The Kier molecular flexibility index (Phi) is 4.21. The Morgan fingerprint density at radius 2 is 2.16 bits per heavy atom. The van der Waals surface area contributed by atoms with Crippen LogP contribution in [0, 0.1) is 6.92 Å². The largest absolute Gasteiger partial charge is 0.496 e. The van der Waals surface area contributed by atoms with Gasteiger partial charge in [0.15, 0.2) is 0 Å². The minimum atomic E-state index is 0.176. The Labute approximate surface area is 121 Å². The predicted octanol–water partition coefficient (Wildman–Crippen LogP) is 2.63. The average Bonchev–Trinajstić information content (AvgIpc) is 2.79. The molecule has 102 valence electrons. The van der Waals surface area contributed by atoms with E-state index in [9.17, 15) is 0 Å². The second-order valence-electron chi connectivity index (χ2n) is 4.30. The molecule has 1 aromatic carbocycles. The first kappa shape index (κ1) is 14.0. The maximum Gasteiger partial charge on any atom is 0.133 e. The summed E-state index contributed by atoms with van der Waals surface area (Å²) in [5, 5.41) is 11.6. The minimum absolute atomic E-state index is 0.176. The van der Waals surface area contributed by atoms with Crippen molar-refractivity contribution in [3.05, 3.63) is 34.1 Å². The molecule has 0 fully saturated rings. The van der Waals surface area contributed by atoms with Gasteiger partial charge in [-0.3, -0.25) is 0 Å². The molecule has 2 rings (SSSR count). The van der Waals surface area contributed by atoms with Crippen molar-refractivity contribution in [3.63, 3.8) is 0 Å². The van der Waals surface area contributed by atoms with Gasteiger partial charge in [-0.1, -0.05) is 5.21 Å². The zero-order valence-electron chi connectivity index (χ0n) is 11.4. The molecule has 1 unspecified atom stereocenters. The molecule has 0 aliphatic rings. The third kappa shape index (κ3) is 2.64. The predicted molar refractivity (Wildman–Crippen MR) is 77.8 cm³/mol. The van der Waals surface area contributed by atoms with Crippen molar-refractivity contribution < 1.29 is 4.74 Å². The van der Waals surface area contributed by atoms with E-state index in [2.05, 4.69) is 38.5 Å². The van der Waals surface area contributed by atoms with Gasteiger partial charge in [-0.05, 0) is 55.0 Å². The summed E-state index contributed by atoms with van der Waals surface area (Å²) in [4.78, 5) is 0. The molecule has 0 radical (unpaired) electrons. The van der Waals surface area contributed by atoms with Gasteiger partial charge in [-0.25, -0.2) is 4.68 Å². The van der Waals surface area contributed by atoms with Crippen LogP contribution < -0.4 is 10.1 Å². The van der Waals surface area contributed by atoms with E-state index < -0.39 is 0 Å². The lowest BCUT2D eigenvalue weighted by Gasteiger charge is -2.09. The van der Waals surface area contributed by atoms with Gasteiger partial charge in [-0.15, -0.1) is 5.10 Å². The van der Waals surface area contributed by atoms with Gasteiger partial charge >= 0.3 is 0 Å². The van der Waals surface area contributed by atoms with E-state index >= 15 is 0 Å². The van der Waals surface area contributed by atoms with Crippen LogP contribution in [0.15, 0.2) is 22.7 Å². The molecule has 0 bridgehead atoms. The Balaban J connectivity index is 2.42. The van der Waals surface area contributed by atoms with E-state index in [-0.39, 0.29) is 6.04 Å². The second-order valence-corrected chi connectivity index (χ2v) is 5.16. The maximum absolute atomic E-state index is 5.22. The quantitative estimate of drug-likeness (QED) is 0.939. The number of ether oxygens (including phenoxy) is 1. The van der Waals surface area contributed by atoms with Crippen LogP contribution in [-0.4, -0.2) is 29.2 Å². The fraction of sp³-hybridized carbons (Fsp3) is 0.385. The first-order valence-corrected chi connectivity index (χ1v) is 6.81. The van der Waals surface area contributed by atoms with E-state index in [0.717, 1.165) is 27.3 Å². The molecule has 5 nitrogen and oxygen atoms in total. The molecular weight excluding hydrogens is 308 g/mol. The molecular formula is C13H17BrN4O. The van der Waals surface area contributed by atoms with Gasteiger partial charge in [0.1, 0.15) is 11.4 Å². The van der Waals surface area contributed by atoms with Crippen molar-refractivity contribution in [3.8, 4) is 11.4 Å². The molecule has 1 N–H and O–H groups in total. The molecule has 0 saturated carbocycles. The Bertz CT molecular complexity index is 582. The molecule has 0 aliphatic heterocycles. The van der Waals surface area contributed by atoms with E-state index in [1.165, 1.54) is 0 Å². The topological polar surface area (TPSA) is 52.0 Å². The lowest BCUT2D eigenvalue weighted by atomic mass is 10.2. The summed E-state index contributed by atoms with van der Waals surface area (Å²) in [6.07, 6.45) is 0. The highest BCUT2D eigenvalue weighted by atomic mass is 79.9. The maximum atomic E-state index is 5.22. The molecule has 0 aliphatic carbocycles. The summed E-state index contributed by atoms with van der Waals surface area (Å²) >= 11 is 3.48. The lowest BCUT2D eigenvalue weighted by Crippen LogP contribution is -2.14. The van der Waals surface area contributed by atoms with Crippen LogP contribution in [0.25, 0.3) is 5.69 Å². The highest BCUT2D eigenvalue weighted by Gasteiger charge is 2.15. The van der Waals surface area contributed by atoms with Gasteiger partial charge in [0.05, 0.1) is 29.0 Å². The number of methoxy groups -OCH3 is 1. The van der Waals surface area contributed by atoms with Gasteiger partial charge in [-0.2, -0.15) is 0 Å². The lowest BCUT2D eigenvalue weighted by molar-refractivity contribution is 0.412. The summed E-state index contributed by atoms with van der Waals surface area (Å²) < 4.78 is 7.95. The molecule has 1 aromatic heterocycles. The van der Waals surface area contributed by atoms with Crippen LogP contribution in [-0.2, 0) is 0 Å². The Hall–Kier alpha value is -1.40. The number of nitrogens with one attached hydrogen (secondary N) is 1. The number of hydrogen-bond donors (Lipinski definition) is 1. The number of halogens is 1. The van der Waals surface area contributed by atoms with Crippen LogP contribution in [0.1, 0.15) is 24.4 Å². The van der Waals surface area contributed by atoms with Crippen LogP contribution in [0.5, 0.6) is 5.75 Å². The van der Waals surface area contributed by atoms with Crippen LogP contribution in [0.4, 0.5) is 0 Å². The highest BCUT2D eigenvalue weighted by molar-refractivity contribution is 9.10. The van der Waals surface area contributed by atoms with Crippen molar-refractivity contribution >= 4 is 15.9 Å². The van der Waals surface area contributed by atoms with Gasteiger partial charge in [0.2, 0.25) is 0 Å². The highest BCUT2D eigenvalue weighted by Crippen LogP contribution is 2.27. The molecule has 0 amide bonds. The van der Waals surface area contributed by atoms with Crippen molar-refractivity contribution in [1.82, 2.24) is 20.3 Å². The summed E-state index contributed by atoms with van der Waals surface area (Å²) in [7, 11) is 3.56. The Morgan fingerprint density at radius 3 is 2.74 bits per heavy atom. The minimum Gasteiger partial charge on any atom is -0.496 e. The molecule has 2 aromatic rings. The molecule has 1 heterocycles. The third-order valence-corrected chi connectivity index (χ3v) is 3.77. The number of aromatic nitrogens is 3. The smallest absolute Gasteiger partial charge is 0.133 e. The van der Waals surface area contributed by atoms with Crippen molar-refractivity contribution in [2.45, 2.75) is 19.9 Å². The normalized spacial score (nSPS) is 12.5. The van der Waals surface area contributed by atoms with E-state index in [1.807, 2.05) is 36.9 Å². The summed E-state index contributed by atoms with van der Waals surface area (Å²) in [5.41, 5.74) is 2.93. The molecule has 1 atom stereocenters. The second kappa shape index (κ2) is 5.71. The molecule has 0 spiro atoms. The van der Waals surface area contributed by atoms with Crippen LogP contribution in [0.3, 0.4) is 0 Å². The number of nitrogens with zero attached hydrogens (tertiary/aromatic N) is 3. The van der Waals surface area contributed by atoms with Gasteiger partial charge in [0, 0.05) is 0 Å². The average molecular weight is 325 g/mol. The van der Waals surface area contributed by atoms with Gasteiger partial charge in [0.25, 0.3) is 0 Å². The van der Waals surface area contributed by atoms with Gasteiger partial charge < -0.3 is 10.1 Å². The van der Waals surface area contributed by atoms with E-state index in [4.69, 9.17) is 4.74 Å². The first-order valence-electron chi connectivity index (χ1n) is 6.01. The SMILES string of the molecule is CNC(C)c1nnn(-c2ccc(OC)c(Br)c2)c1C. The van der Waals surface area contributed by atoms with Crippen molar-refractivity contribution in [1.29, 1.82) is 0 Å². The zero-order chi connectivity index (χ0) is 14.0. The standard InChI is InChI=1S/C13H17BrN4O/c1-8(15-3)13-9(2)18(17-16-13)10-5-6-12(19-4)11(14)7-10/h5-8,15H,1-4H3. The van der Waals surface area contributed by atoms with E-state index in [1.54, 1.807) is 7.11 Å². The van der Waals surface area contributed by atoms with Crippen LogP contribution >= 0.6 is 15.9 Å². The zero-order valence-corrected chi connectivity index (χ0v) is 13.0. The van der Waals surface area contributed by atoms with Crippen LogP contribution in [0.2, 0.25) is 0 Å². The summed E-state index contributed by atoms with van der Waals surface area (Å²) in [6, 6.07) is 6.00. The van der Waals surface area contributed by atoms with Crippen molar-refractivity contribution in [2.24, 2.45) is 0 Å².